The lowest BCUT2D eigenvalue weighted by molar-refractivity contribution is 0.0978. The SMILES string of the molecule is Cc1ccccc1-c1nc2cc(NC(=S)NC(=O)c3ccc4nsnc4c3)ccc2o1. The Hall–Kier alpha value is -3.69. The summed E-state index contributed by atoms with van der Waals surface area (Å²) in [5.41, 5.74) is 5.99. The first-order valence-electron chi connectivity index (χ1n) is 9.38. The predicted molar refractivity (Wildman–Crippen MR) is 125 cm³/mol. The van der Waals surface area contributed by atoms with Crippen LogP contribution in [-0.4, -0.2) is 24.8 Å². The fourth-order valence-electron chi connectivity index (χ4n) is 3.19. The number of aromatic nitrogens is 3. The molecule has 152 valence electrons. The summed E-state index contributed by atoms with van der Waals surface area (Å²) in [6, 6.07) is 18.5. The molecule has 2 aromatic heterocycles. The zero-order chi connectivity index (χ0) is 21.4. The molecule has 0 aliphatic carbocycles. The molecule has 5 aromatic rings. The molecule has 2 N–H and O–H groups in total. The molecule has 0 saturated carbocycles. The van der Waals surface area contributed by atoms with E-state index in [-0.39, 0.29) is 11.0 Å². The maximum absolute atomic E-state index is 12.5. The van der Waals surface area contributed by atoms with Crippen LogP contribution in [0.3, 0.4) is 0 Å². The maximum Gasteiger partial charge on any atom is 0.257 e. The van der Waals surface area contributed by atoms with Crippen LogP contribution >= 0.6 is 23.9 Å². The van der Waals surface area contributed by atoms with Gasteiger partial charge in [0.25, 0.3) is 5.91 Å². The summed E-state index contributed by atoms with van der Waals surface area (Å²) in [4.78, 5) is 17.1. The van der Waals surface area contributed by atoms with Gasteiger partial charge < -0.3 is 9.73 Å². The van der Waals surface area contributed by atoms with Crippen molar-refractivity contribution >= 4 is 62.8 Å². The zero-order valence-electron chi connectivity index (χ0n) is 16.2. The Kier molecular flexibility index (Phi) is 4.89. The van der Waals surface area contributed by atoms with E-state index >= 15 is 0 Å². The van der Waals surface area contributed by atoms with Crippen LogP contribution in [0.5, 0.6) is 0 Å². The van der Waals surface area contributed by atoms with Gasteiger partial charge in [0.1, 0.15) is 16.6 Å². The Morgan fingerprint density at radius 3 is 2.71 bits per heavy atom. The van der Waals surface area contributed by atoms with Crippen LogP contribution in [0.25, 0.3) is 33.6 Å². The Morgan fingerprint density at radius 2 is 1.84 bits per heavy atom. The predicted octanol–water partition coefficient (Wildman–Crippen LogP) is 4.93. The van der Waals surface area contributed by atoms with Crippen molar-refractivity contribution in [1.29, 1.82) is 0 Å². The van der Waals surface area contributed by atoms with Gasteiger partial charge in [0.05, 0.1) is 11.7 Å². The number of hydrogen-bond acceptors (Lipinski definition) is 7. The first-order chi connectivity index (χ1) is 15.1. The highest BCUT2D eigenvalue weighted by Gasteiger charge is 2.13. The molecule has 2 heterocycles. The summed E-state index contributed by atoms with van der Waals surface area (Å²) in [6.45, 7) is 2.01. The van der Waals surface area contributed by atoms with Crippen LogP contribution in [0.1, 0.15) is 15.9 Å². The largest absolute Gasteiger partial charge is 0.436 e. The van der Waals surface area contributed by atoms with Crippen molar-refractivity contribution in [2.45, 2.75) is 6.92 Å². The molecule has 1 amide bonds. The molecule has 5 rings (SSSR count). The number of carbonyl (C=O) groups excluding carboxylic acids is 1. The molecule has 0 unspecified atom stereocenters. The van der Waals surface area contributed by atoms with Gasteiger partial charge in [-0.1, -0.05) is 18.2 Å². The molecule has 0 aliphatic heterocycles. The first-order valence-corrected chi connectivity index (χ1v) is 10.5. The van der Waals surface area contributed by atoms with Crippen LogP contribution in [-0.2, 0) is 0 Å². The number of rotatable bonds is 3. The van der Waals surface area contributed by atoms with Crippen LogP contribution in [0, 0.1) is 6.92 Å². The van der Waals surface area contributed by atoms with E-state index in [1.807, 2.05) is 49.4 Å². The van der Waals surface area contributed by atoms with Gasteiger partial charge in [-0.25, -0.2) is 4.98 Å². The maximum atomic E-state index is 12.5. The third-order valence-corrected chi connectivity index (χ3v) is 5.52. The lowest BCUT2D eigenvalue weighted by Crippen LogP contribution is -2.34. The quantitative estimate of drug-likeness (QED) is 0.380. The van der Waals surface area contributed by atoms with Crippen molar-refractivity contribution in [3.05, 3.63) is 71.8 Å². The van der Waals surface area contributed by atoms with Crippen molar-refractivity contribution < 1.29 is 9.21 Å². The molecule has 7 nitrogen and oxygen atoms in total. The Bertz CT molecular complexity index is 1460. The number of anilines is 1. The van der Waals surface area contributed by atoms with Crippen molar-refractivity contribution in [1.82, 2.24) is 19.0 Å². The summed E-state index contributed by atoms with van der Waals surface area (Å²) in [5, 5.41) is 5.88. The summed E-state index contributed by atoms with van der Waals surface area (Å²) in [6.07, 6.45) is 0. The second kappa shape index (κ2) is 7.86. The van der Waals surface area contributed by atoms with Crippen molar-refractivity contribution in [3.63, 3.8) is 0 Å². The highest BCUT2D eigenvalue weighted by Crippen LogP contribution is 2.28. The Labute approximate surface area is 186 Å². The molecule has 0 fully saturated rings. The molecule has 0 saturated heterocycles. The van der Waals surface area contributed by atoms with Gasteiger partial charge >= 0.3 is 0 Å². The second-order valence-corrected chi connectivity index (χ2v) is 7.83. The number of thiocarbonyl (C=S) groups is 1. The number of aryl methyl sites for hydroxylation is 1. The van der Waals surface area contributed by atoms with Crippen LogP contribution in [0.2, 0.25) is 0 Å². The van der Waals surface area contributed by atoms with Gasteiger partial charge in [0.2, 0.25) is 5.89 Å². The average Bonchev–Trinajstić information content (AvgIpc) is 3.39. The molecule has 0 aliphatic rings. The van der Waals surface area contributed by atoms with E-state index in [1.165, 1.54) is 0 Å². The number of oxazole rings is 1. The van der Waals surface area contributed by atoms with E-state index in [9.17, 15) is 4.79 Å². The van der Waals surface area contributed by atoms with Crippen LogP contribution in [0.15, 0.2) is 65.1 Å². The molecule has 3 aromatic carbocycles. The molecule has 0 radical (unpaired) electrons. The number of nitrogens with zero attached hydrogens (tertiary/aromatic N) is 3. The summed E-state index contributed by atoms with van der Waals surface area (Å²) >= 11 is 6.41. The van der Waals surface area contributed by atoms with Crippen molar-refractivity contribution in [2.75, 3.05) is 5.32 Å². The van der Waals surface area contributed by atoms with Gasteiger partial charge in [-0.15, -0.1) is 0 Å². The second-order valence-electron chi connectivity index (χ2n) is 6.89. The van der Waals surface area contributed by atoms with E-state index in [2.05, 4.69) is 24.4 Å². The molecular weight excluding hydrogens is 430 g/mol. The van der Waals surface area contributed by atoms with E-state index in [0.29, 0.717) is 33.8 Å². The van der Waals surface area contributed by atoms with E-state index < -0.39 is 0 Å². The van der Waals surface area contributed by atoms with E-state index in [4.69, 9.17) is 16.6 Å². The zero-order valence-corrected chi connectivity index (χ0v) is 17.9. The minimum Gasteiger partial charge on any atom is -0.436 e. The summed E-state index contributed by atoms with van der Waals surface area (Å²) in [7, 11) is 0. The Balaban J connectivity index is 1.32. The standard InChI is InChI=1S/C22H15N5O2S2/c1-12-4-2-3-5-15(12)21-24-18-11-14(7-9-19(18)29-21)23-22(30)25-20(28)13-6-8-16-17(10-13)27-31-26-16/h2-11H,1H3,(H2,23,25,28,30). The topological polar surface area (TPSA) is 92.9 Å². The van der Waals surface area contributed by atoms with Crippen LogP contribution in [0.4, 0.5) is 5.69 Å². The number of nitrogens with one attached hydrogen (secondary N) is 2. The molecule has 0 bridgehead atoms. The normalized spacial score (nSPS) is 11.0. The minimum absolute atomic E-state index is 0.184. The fraction of sp³-hybridized carbons (Fsp3) is 0.0455. The van der Waals surface area contributed by atoms with Gasteiger partial charge in [-0.05, 0) is 67.2 Å². The Morgan fingerprint density at radius 1 is 1.00 bits per heavy atom. The van der Waals surface area contributed by atoms with Crippen molar-refractivity contribution in [2.24, 2.45) is 0 Å². The number of hydrogen-bond donors (Lipinski definition) is 2. The third-order valence-electron chi connectivity index (χ3n) is 4.76. The third kappa shape index (κ3) is 3.88. The van der Waals surface area contributed by atoms with Crippen LogP contribution < -0.4 is 10.6 Å². The average molecular weight is 446 g/mol. The lowest BCUT2D eigenvalue weighted by atomic mass is 10.1. The number of benzene rings is 3. The smallest absolute Gasteiger partial charge is 0.257 e. The summed E-state index contributed by atoms with van der Waals surface area (Å²) < 4.78 is 14.2. The molecule has 31 heavy (non-hydrogen) atoms. The van der Waals surface area contributed by atoms with Crippen molar-refractivity contribution in [3.8, 4) is 11.5 Å². The molecule has 0 spiro atoms. The minimum atomic E-state index is -0.322. The number of amides is 1. The highest BCUT2D eigenvalue weighted by molar-refractivity contribution is 7.80. The van der Waals surface area contributed by atoms with Gasteiger partial charge in [0.15, 0.2) is 10.7 Å². The van der Waals surface area contributed by atoms with Gasteiger partial charge in [0, 0.05) is 16.8 Å². The first kappa shape index (κ1) is 19.3. The summed E-state index contributed by atoms with van der Waals surface area (Å²) in [5.74, 6) is 0.241. The highest BCUT2D eigenvalue weighted by atomic mass is 32.1. The number of carbonyl (C=O) groups is 1. The molecule has 9 heteroatoms. The molecule has 0 atom stereocenters. The monoisotopic (exact) mass is 445 g/mol. The number of fused-ring (bicyclic) bond motifs is 2. The lowest BCUT2D eigenvalue weighted by Gasteiger charge is -2.09. The van der Waals surface area contributed by atoms with E-state index in [1.54, 1.807) is 18.2 Å². The van der Waals surface area contributed by atoms with Gasteiger partial charge in [-0.2, -0.15) is 8.75 Å². The fourth-order valence-corrected chi connectivity index (χ4v) is 3.92. The van der Waals surface area contributed by atoms with Gasteiger partial charge in [-0.3, -0.25) is 10.1 Å². The van der Waals surface area contributed by atoms with E-state index in [0.717, 1.165) is 28.4 Å². The molecular formula is C22H15N5O2S2.